The molecule has 3 heterocycles. The van der Waals surface area contributed by atoms with E-state index in [0.717, 1.165) is 31.3 Å². The Hall–Kier alpha value is -5.02. The fourth-order valence-electron chi connectivity index (χ4n) is 5.29. The predicted molar refractivity (Wildman–Crippen MR) is 175 cm³/mol. The summed E-state index contributed by atoms with van der Waals surface area (Å²) in [5, 5.41) is 4.59. The van der Waals surface area contributed by atoms with E-state index in [0.29, 0.717) is 48.6 Å². The van der Waals surface area contributed by atoms with E-state index in [4.69, 9.17) is 14.2 Å². The molecule has 0 saturated carbocycles. The van der Waals surface area contributed by atoms with Crippen LogP contribution in [0.2, 0.25) is 0 Å². The van der Waals surface area contributed by atoms with Crippen molar-refractivity contribution in [3.8, 4) is 28.6 Å². The molecule has 1 aliphatic heterocycles. The number of methoxy groups -OCH3 is 1. The highest BCUT2D eigenvalue weighted by Gasteiger charge is 2.35. The zero-order valence-corrected chi connectivity index (χ0v) is 27.3. The van der Waals surface area contributed by atoms with Crippen molar-refractivity contribution in [1.82, 2.24) is 24.8 Å². The highest BCUT2D eigenvalue weighted by atomic mass is 19.4. The number of halogens is 4. The van der Waals surface area contributed by atoms with Crippen molar-refractivity contribution in [2.24, 2.45) is 0 Å². The second-order valence-corrected chi connectivity index (χ2v) is 11.2. The van der Waals surface area contributed by atoms with Gasteiger partial charge in [0.15, 0.2) is 5.82 Å². The van der Waals surface area contributed by atoms with Gasteiger partial charge in [-0.3, -0.25) is 9.88 Å². The van der Waals surface area contributed by atoms with Crippen LogP contribution in [0.25, 0.3) is 11.4 Å². The zero-order valence-electron chi connectivity index (χ0n) is 27.3. The number of urea groups is 1. The summed E-state index contributed by atoms with van der Waals surface area (Å²) >= 11 is 0. The van der Waals surface area contributed by atoms with Crippen molar-refractivity contribution in [1.29, 1.82) is 0 Å². The van der Waals surface area contributed by atoms with Crippen LogP contribution in [0, 0.1) is 5.82 Å². The van der Waals surface area contributed by atoms with Crippen LogP contribution in [0.4, 0.5) is 33.7 Å². The number of benzene rings is 2. The molecule has 49 heavy (non-hydrogen) atoms. The predicted octanol–water partition coefficient (Wildman–Crippen LogP) is 6.46. The molecule has 260 valence electrons. The Balaban J connectivity index is 1.21. The van der Waals surface area contributed by atoms with E-state index >= 15 is 4.39 Å². The lowest BCUT2D eigenvalue weighted by molar-refractivity contribution is -0.138. The molecule has 11 nitrogen and oxygen atoms in total. The maximum Gasteiger partial charge on any atom is 0.416 e. The molecule has 2 aromatic heterocycles. The van der Waals surface area contributed by atoms with Gasteiger partial charge in [0.25, 0.3) is 0 Å². The molecule has 5 rings (SSSR count). The van der Waals surface area contributed by atoms with Gasteiger partial charge >= 0.3 is 12.2 Å². The van der Waals surface area contributed by atoms with Crippen molar-refractivity contribution >= 4 is 17.4 Å². The second kappa shape index (κ2) is 15.9. The average Bonchev–Trinajstić information content (AvgIpc) is 3.09. The van der Waals surface area contributed by atoms with E-state index in [9.17, 15) is 18.0 Å². The highest BCUT2D eigenvalue weighted by Crippen LogP contribution is 2.36. The fraction of sp³-hybridized carbons (Fsp3) is 0.353. The number of anilines is 2. The maximum atomic E-state index is 15.0. The number of rotatable bonds is 12. The third-order valence-corrected chi connectivity index (χ3v) is 7.90. The van der Waals surface area contributed by atoms with Gasteiger partial charge in [-0.2, -0.15) is 13.2 Å². The summed E-state index contributed by atoms with van der Waals surface area (Å²) in [6.07, 6.45) is 0.943. The summed E-state index contributed by atoms with van der Waals surface area (Å²) in [4.78, 5) is 29.4. The average molecular weight is 684 g/mol. The van der Waals surface area contributed by atoms with Gasteiger partial charge in [0.2, 0.25) is 0 Å². The molecule has 1 fully saturated rings. The second-order valence-electron chi connectivity index (χ2n) is 11.2. The number of nitrogens with zero attached hydrogens (tertiary/aromatic N) is 5. The number of nitrogens with one attached hydrogen (secondary N) is 2. The number of amides is 2. The largest absolute Gasteiger partial charge is 0.497 e. The van der Waals surface area contributed by atoms with Gasteiger partial charge < -0.3 is 29.7 Å². The molecule has 1 saturated heterocycles. The standard InChI is InChI=1S/C34H37F4N7O4/c1-4-44-8-10-45(11-9-44)20-24-13-29(35)30(15-28(24)34(36,37)38)43-33(46)42-25-17-40-32(41-18-25)23-12-27(19-39-16-23)49-21-22-6-7-26(47-3)14-31(22)48-5-2/h6-7,12-19H,4-5,8-11,20-21H2,1-3H3,(H2,42,43,46). The van der Waals surface area contributed by atoms with Gasteiger partial charge in [-0.15, -0.1) is 0 Å². The minimum Gasteiger partial charge on any atom is -0.497 e. The van der Waals surface area contributed by atoms with E-state index in [-0.39, 0.29) is 30.2 Å². The molecule has 0 atom stereocenters. The van der Waals surface area contributed by atoms with Gasteiger partial charge in [-0.25, -0.2) is 19.2 Å². The summed E-state index contributed by atoms with van der Waals surface area (Å²) in [7, 11) is 1.57. The smallest absolute Gasteiger partial charge is 0.416 e. The number of piperazine rings is 1. The number of hydrogen-bond acceptors (Lipinski definition) is 9. The summed E-state index contributed by atoms with van der Waals surface area (Å²) < 4.78 is 73.9. The van der Waals surface area contributed by atoms with Crippen LogP contribution in [0.3, 0.4) is 0 Å². The number of alkyl halides is 3. The Labute approximate surface area is 281 Å². The number of ether oxygens (including phenoxy) is 3. The molecule has 2 amide bonds. The van der Waals surface area contributed by atoms with E-state index in [1.54, 1.807) is 19.2 Å². The van der Waals surface area contributed by atoms with Gasteiger partial charge in [0.1, 0.15) is 29.7 Å². The molecular formula is C34H37F4N7O4. The molecular weight excluding hydrogens is 646 g/mol. The van der Waals surface area contributed by atoms with Crippen molar-refractivity contribution in [2.75, 3.05) is 57.1 Å². The first-order valence-corrected chi connectivity index (χ1v) is 15.7. The highest BCUT2D eigenvalue weighted by molar-refractivity contribution is 5.99. The van der Waals surface area contributed by atoms with Crippen LogP contribution in [-0.2, 0) is 19.3 Å². The van der Waals surface area contributed by atoms with Crippen LogP contribution in [0.1, 0.15) is 30.5 Å². The first-order valence-electron chi connectivity index (χ1n) is 15.7. The molecule has 4 aromatic rings. The van der Waals surface area contributed by atoms with E-state index < -0.39 is 29.3 Å². The third-order valence-electron chi connectivity index (χ3n) is 7.90. The summed E-state index contributed by atoms with van der Waals surface area (Å²) in [6, 6.07) is 7.63. The lowest BCUT2D eigenvalue weighted by Gasteiger charge is -2.34. The van der Waals surface area contributed by atoms with Gasteiger partial charge in [-0.05, 0) is 49.4 Å². The number of hydrogen-bond donors (Lipinski definition) is 2. The first kappa shape index (κ1) is 35.3. The van der Waals surface area contributed by atoms with E-state index in [2.05, 4.69) is 30.5 Å². The molecule has 0 radical (unpaired) electrons. The normalized spacial score (nSPS) is 13.9. The third kappa shape index (κ3) is 9.32. The molecule has 0 unspecified atom stereocenters. The van der Waals surface area contributed by atoms with Crippen molar-refractivity contribution < 1.29 is 36.6 Å². The Kier molecular flexibility index (Phi) is 11.5. The van der Waals surface area contributed by atoms with Crippen LogP contribution in [0.5, 0.6) is 17.2 Å². The van der Waals surface area contributed by atoms with Crippen molar-refractivity contribution in [2.45, 2.75) is 33.2 Å². The number of likely N-dealkylation sites (N-methyl/N-ethyl adjacent to an activating group) is 1. The van der Waals surface area contributed by atoms with Gasteiger partial charge in [0, 0.05) is 56.1 Å². The molecule has 0 spiro atoms. The lowest BCUT2D eigenvalue weighted by atomic mass is 10.0. The summed E-state index contributed by atoms with van der Waals surface area (Å²) in [5.41, 5.74) is -0.332. The molecule has 15 heteroatoms. The maximum absolute atomic E-state index is 15.0. The van der Waals surface area contributed by atoms with Gasteiger partial charge in [-0.1, -0.05) is 6.92 Å². The number of carbonyl (C=O) groups is 1. The minimum absolute atomic E-state index is 0.0540. The van der Waals surface area contributed by atoms with Crippen LogP contribution >= 0.6 is 0 Å². The zero-order chi connectivity index (χ0) is 35.0. The van der Waals surface area contributed by atoms with E-state index in [1.165, 1.54) is 24.8 Å². The Morgan fingerprint density at radius 1 is 0.878 bits per heavy atom. The topological polar surface area (TPSA) is 114 Å². The van der Waals surface area contributed by atoms with Crippen LogP contribution < -0.4 is 24.8 Å². The Bertz CT molecular complexity index is 1730. The van der Waals surface area contributed by atoms with Crippen LogP contribution in [0.15, 0.2) is 61.2 Å². The lowest BCUT2D eigenvalue weighted by Crippen LogP contribution is -2.45. The molecule has 0 aliphatic carbocycles. The quantitative estimate of drug-likeness (QED) is 0.162. The van der Waals surface area contributed by atoms with Gasteiger partial charge in [0.05, 0.1) is 49.2 Å². The molecule has 2 aromatic carbocycles. The van der Waals surface area contributed by atoms with Crippen LogP contribution in [-0.4, -0.2) is 77.2 Å². The van der Waals surface area contributed by atoms with Crippen molar-refractivity contribution in [3.05, 3.63) is 83.7 Å². The number of pyridine rings is 1. The first-order chi connectivity index (χ1) is 23.6. The fourth-order valence-corrected chi connectivity index (χ4v) is 5.29. The summed E-state index contributed by atoms with van der Waals surface area (Å²) in [5.74, 6) is 1.04. The molecule has 2 N–H and O–H groups in total. The number of aromatic nitrogens is 3. The molecule has 0 bridgehead atoms. The SMILES string of the molecule is CCOc1cc(OC)ccc1COc1cncc(-c2ncc(NC(=O)Nc3cc(C(F)(F)F)c(CN4CCN(CC)CC4)cc3F)cn2)c1. The monoisotopic (exact) mass is 683 g/mol. The summed E-state index contributed by atoms with van der Waals surface area (Å²) in [6.45, 7) is 7.99. The molecule has 1 aliphatic rings. The van der Waals surface area contributed by atoms with E-state index in [1.807, 2.05) is 30.9 Å². The Morgan fingerprint density at radius 3 is 2.29 bits per heavy atom. The minimum atomic E-state index is -4.75. The Morgan fingerprint density at radius 2 is 1.61 bits per heavy atom. The number of carbonyl (C=O) groups excluding carboxylic acids is 1. The van der Waals surface area contributed by atoms with Crippen molar-refractivity contribution in [3.63, 3.8) is 0 Å².